The molecule has 0 aliphatic carbocycles. The van der Waals surface area contributed by atoms with E-state index in [1.807, 2.05) is 44.2 Å². The van der Waals surface area contributed by atoms with Gasteiger partial charge < -0.3 is 4.74 Å². The second-order valence-electron chi connectivity index (χ2n) is 5.07. The van der Waals surface area contributed by atoms with E-state index in [4.69, 9.17) is 16.3 Å². The average molecular weight is 310 g/mol. The first kappa shape index (κ1) is 16.0. The summed E-state index contributed by atoms with van der Waals surface area (Å²) < 4.78 is 5.60. The molecule has 0 bridgehead atoms. The van der Waals surface area contributed by atoms with Crippen molar-refractivity contribution in [1.29, 1.82) is 5.26 Å². The summed E-state index contributed by atoms with van der Waals surface area (Å²) in [6.07, 6.45) is 0.0319. The van der Waals surface area contributed by atoms with Gasteiger partial charge in [-0.3, -0.25) is 0 Å². The van der Waals surface area contributed by atoms with Crippen LogP contribution >= 0.6 is 11.6 Å². The first-order valence-corrected chi connectivity index (χ1v) is 7.53. The Balaban J connectivity index is 2.23. The van der Waals surface area contributed by atoms with Gasteiger partial charge in [0.25, 0.3) is 0 Å². The zero-order valence-electron chi connectivity index (χ0n) is 12.6. The Bertz CT molecular complexity index is 746. The second kappa shape index (κ2) is 7.55. The summed E-state index contributed by atoms with van der Waals surface area (Å²) in [4.78, 5) is 0. The average Bonchev–Trinajstić information content (AvgIpc) is 2.54. The lowest BCUT2D eigenvalue weighted by atomic mass is 10.1. The van der Waals surface area contributed by atoms with Gasteiger partial charge in [0.15, 0.2) is 0 Å². The van der Waals surface area contributed by atoms with E-state index in [9.17, 15) is 5.26 Å². The van der Waals surface area contributed by atoms with Gasteiger partial charge in [0, 0.05) is 17.0 Å². The minimum atomic E-state index is 0.0319. The lowest BCUT2D eigenvalue weighted by Crippen LogP contribution is -2.06. The molecular weight excluding hydrogens is 294 g/mol. The molecule has 0 spiro atoms. The molecule has 0 radical (unpaired) electrons. The Labute approximate surface area is 136 Å². The fraction of sp³-hybridized carbons (Fsp3) is 0.211. The van der Waals surface area contributed by atoms with Gasteiger partial charge in [0.1, 0.15) is 11.8 Å². The SMILES string of the molecule is CC(C)Oc1ccc(C#Cc2ccc(CCl)cc2)cc1C#N. The van der Waals surface area contributed by atoms with Crippen LogP contribution in [0.3, 0.4) is 0 Å². The third-order valence-electron chi connectivity index (χ3n) is 2.92. The second-order valence-corrected chi connectivity index (χ2v) is 5.34. The number of rotatable bonds is 3. The van der Waals surface area contributed by atoms with Crippen LogP contribution in [0.4, 0.5) is 0 Å². The Morgan fingerprint density at radius 2 is 1.68 bits per heavy atom. The van der Waals surface area contributed by atoms with E-state index in [1.54, 1.807) is 12.1 Å². The standard InChI is InChI=1S/C19H16ClNO/c1-14(2)22-19-10-9-16(11-18(19)13-21)6-3-15-4-7-17(12-20)8-5-15/h4-5,7-11,14H,12H2,1-2H3. The van der Waals surface area contributed by atoms with Crippen LogP contribution in [0.5, 0.6) is 5.75 Å². The van der Waals surface area contributed by atoms with Gasteiger partial charge in [-0.25, -0.2) is 0 Å². The summed E-state index contributed by atoms with van der Waals surface area (Å²) in [6, 6.07) is 15.3. The van der Waals surface area contributed by atoms with E-state index in [-0.39, 0.29) is 6.10 Å². The van der Waals surface area contributed by atoms with Crippen LogP contribution in [-0.4, -0.2) is 6.10 Å². The van der Waals surface area contributed by atoms with Crippen molar-refractivity contribution in [3.63, 3.8) is 0 Å². The van der Waals surface area contributed by atoms with Crippen molar-refractivity contribution < 1.29 is 4.74 Å². The van der Waals surface area contributed by atoms with Gasteiger partial charge >= 0.3 is 0 Å². The van der Waals surface area contributed by atoms with E-state index in [0.717, 1.165) is 16.7 Å². The van der Waals surface area contributed by atoms with E-state index >= 15 is 0 Å². The molecule has 0 fully saturated rings. The van der Waals surface area contributed by atoms with Crippen LogP contribution < -0.4 is 4.74 Å². The number of halogens is 1. The predicted octanol–water partition coefficient (Wildman–Crippen LogP) is 4.48. The molecular formula is C19H16ClNO. The number of benzene rings is 2. The van der Waals surface area contributed by atoms with Crippen LogP contribution in [0.15, 0.2) is 42.5 Å². The molecule has 0 N–H and O–H groups in total. The van der Waals surface area contributed by atoms with Gasteiger partial charge in [-0.2, -0.15) is 5.26 Å². The largest absolute Gasteiger partial charge is 0.490 e. The van der Waals surface area contributed by atoms with Gasteiger partial charge in [0.05, 0.1) is 11.7 Å². The summed E-state index contributed by atoms with van der Waals surface area (Å²) in [5.41, 5.74) is 3.26. The Morgan fingerprint density at radius 3 is 2.27 bits per heavy atom. The van der Waals surface area contributed by atoms with Gasteiger partial charge in [-0.05, 0) is 49.7 Å². The maximum Gasteiger partial charge on any atom is 0.137 e. The molecule has 2 aromatic rings. The number of nitriles is 1. The number of ether oxygens (including phenoxy) is 1. The van der Waals surface area contributed by atoms with E-state index in [0.29, 0.717) is 17.2 Å². The van der Waals surface area contributed by atoms with Crippen molar-refractivity contribution in [2.45, 2.75) is 25.8 Å². The van der Waals surface area contributed by atoms with Crippen LogP contribution in [0.2, 0.25) is 0 Å². The molecule has 2 nitrogen and oxygen atoms in total. The molecule has 0 atom stereocenters. The molecule has 0 unspecified atom stereocenters. The predicted molar refractivity (Wildman–Crippen MR) is 88.9 cm³/mol. The lowest BCUT2D eigenvalue weighted by molar-refractivity contribution is 0.241. The number of nitrogens with zero attached hydrogens (tertiary/aromatic N) is 1. The van der Waals surface area contributed by atoms with E-state index < -0.39 is 0 Å². The van der Waals surface area contributed by atoms with Crippen molar-refractivity contribution in [2.24, 2.45) is 0 Å². The van der Waals surface area contributed by atoms with Gasteiger partial charge in [0.2, 0.25) is 0 Å². The molecule has 0 amide bonds. The third kappa shape index (κ3) is 4.29. The fourth-order valence-electron chi connectivity index (χ4n) is 1.87. The van der Waals surface area contributed by atoms with Crippen LogP contribution in [0.1, 0.15) is 36.1 Å². The van der Waals surface area contributed by atoms with Crippen molar-refractivity contribution in [1.82, 2.24) is 0 Å². The first-order chi connectivity index (χ1) is 10.6. The zero-order valence-corrected chi connectivity index (χ0v) is 13.3. The monoisotopic (exact) mass is 309 g/mol. The van der Waals surface area contributed by atoms with Crippen LogP contribution in [0, 0.1) is 23.2 Å². The molecule has 2 rings (SSSR count). The van der Waals surface area contributed by atoms with Crippen LogP contribution in [-0.2, 0) is 5.88 Å². The maximum absolute atomic E-state index is 9.21. The summed E-state index contributed by atoms with van der Waals surface area (Å²) in [7, 11) is 0. The van der Waals surface area contributed by atoms with Crippen LogP contribution in [0.25, 0.3) is 0 Å². The number of hydrogen-bond acceptors (Lipinski definition) is 2. The first-order valence-electron chi connectivity index (χ1n) is 7.00. The van der Waals surface area contributed by atoms with E-state index in [2.05, 4.69) is 17.9 Å². The van der Waals surface area contributed by atoms with Gasteiger partial charge in [-0.15, -0.1) is 11.6 Å². The minimum Gasteiger partial charge on any atom is -0.490 e. The highest BCUT2D eigenvalue weighted by Gasteiger charge is 2.05. The smallest absolute Gasteiger partial charge is 0.137 e. The fourth-order valence-corrected chi connectivity index (χ4v) is 2.05. The van der Waals surface area contributed by atoms with Gasteiger partial charge in [-0.1, -0.05) is 24.0 Å². The molecule has 0 saturated heterocycles. The summed E-state index contributed by atoms with van der Waals surface area (Å²) >= 11 is 5.76. The topological polar surface area (TPSA) is 33.0 Å². The highest BCUT2D eigenvalue weighted by Crippen LogP contribution is 2.20. The summed E-state index contributed by atoms with van der Waals surface area (Å²) in [5, 5.41) is 9.21. The highest BCUT2D eigenvalue weighted by molar-refractivity contribution is 6.17. The molecule has 22 heavy (non-hydrogen) atoms. The maximum atomic E-state index is 9.21. The number of alkyl halides is 1. The van der Waals surface area contributed by atoms with Crippen molar-refractivity contribution in [3.8, 4) is 23.7 Å². The highest BCUT2D eigenvalue weighted by atomic mass is 35.5. The number of hydrogen-bond donors (Lipinski definition) is 0. The molecule has 0 aliphatic rings. The normalized spacial score (nSPS) is 9.77. The molecule has 110 valence electrons. The Morgan fingerprint density at radius 1 is 1.05 bits per heavy atom. The molecule has 3 heteroatoms. The Kier molecular flexibility index (Phi) is 5.48. The molecule has 0 aromatic heterocycles. The lowest BCUT2D eigenvalue weighted by Gasteiger charge is -2.10. The summed E-state index contributed by atoms with van der Waals surface area (Å²) in [6.45, 7) is 3.86. The zero-order chi connectivity index (χ0) is 15.9. The molecule has 2 aromatic carbocycles. The summed E-state index contributed by atoms with van der Waals surface area (Å²) in [5.74, 6) is 7.23. The molecule has 0 aliphatic heterocycles. The molecule has 0 heterocycles. The van der Waals surface area contributed by atoms with Crippen molar-refractivity contribution in [3.05, 3.63) is 64.7 Å². The van der Waals surface area contributed by atoms with Crippen molar-refractivity contribution in [2.75, 3.05) is 0 Å². The van der Waals surface area contributed by atoms with E-state index in [1.165, 1.54) is 0 Å². The van der Waals surface area contributed by atoms with Crippen molar-refractivity contribution >= 4 is 11.6 Å². The Hall–Kier alpha value is -2.42. The third-order valence-corrected chi connectivity index (χ3v) is 3.23. The minimum absolute atomic E-state index is 0.0319. The quantitative estimate of drug-likeness (QED) is 0.618. The molecule has 0 saturated carbocycles.